The Morgan fingerprint density at radius 1 is 1.67 bits per heavy atom. The first kappa shape index (κ1) is 8.49. The van der Waals surface area contributed by atoms with Crippen LogP contribution in [0.25, 0.3) is 0 Å². The minimum atomic E-state index is 0.335. The molecule has 0 heterocycles. The van der Waals surface area contributed by atoms with Crippen molar-refractivity contribution in [3.8, 4) is 0 Å². The standard InChI is InChI=1S/C5H11N3S/c1-4(7-2)8-5(6)9-3/h1-3H3,(H2,6,7,8). The van der Waals surface area contributed by atoms with Gasteiger partial charge < -0.3 is 5.32 Å². The topological polar surface area (TPSA) is 48.2 Å². The van der Waals surface area contributed by atoms with Gasteiger partial charge in [-0.2, -0.15) is 0 Å². The van der Waals surface area contributed by atoms with Gasteiger partial charge in [0.1, 0.15) is 5.84 Å². The molecule has 2 N–H and O–H groups in total. The quantitative estimate of drug-likeness (QED) is 0.393. The Balaban J connectivity index is 3.79. The fraction of sp³-hybridized carbons (Fsp3) is 0.600. The van der Waals surface area contributed by atoms with E-state index in [0.717, 1.165) is 5.84 Å². The Bertz CT molecular complexity index is 130. The molecule has 0 aromatic carbocycles. The molecule has 0 radical (unpaired) electrons. The Labute approximate surface area is 59.5 Å². The van der Waals surface area contributed by atoms with Crippen LogP contribution in [0.3, 0.4) is 0 Å². The molecular weight excluding hydrogens is 134 g/mol. The van der Waals surface area contributed by atoms with Gasteiger partial charge in [0.05, 0.1) is 0 Å². The molecule has 0 unspecified atom stereocenters. The summed E-state index contributed by atoms with van der Waals surface area (Å²) in [6.45, 7) is 1.82. The van der Waals surface area contributed by atoms with Gasteiger partial charge in [-0.05, 0) is 13.2 Å². The summed E-state index contributed by atoms with van der Waals surface area (Å²) < 4.78 is 0. The number of thioether (sulfide) groups is 1. The number of nitrogens with zero attached hydrogens (tertiary/aromatic N) is 1. The summed E-state index contributed by atoms with van der Waals surface area (Å²) >= 11 is 1.32. The molecule has 0 rings (SSSR count). The first-order chi connectivity index (χ1) is 4.20. The Morgan fingerprint density at radius 3 is 2.56 bits per heavy atom. The first-order valence-electron chi connectivity index (χ1n) is 2.56. The van der Waals surface area contributed by atoms with Gasteiger partial charge in [0.15, 0.2) is 5.17 Å². The smallest absolute Gasteiger partial charge is 0.181 e. The van der Waals surface area contributed by atoms with Crippen LogP contribution in [0.2, 0.25) is 0 Å². The third-order valence-corrected chi connectivity index (χ3v) is 1.30. The van der Waals surface area contributed by atoms with Gasteiger partial charge in [-0.3, -0.25) is 5.41 Å². The van der Waals surface area contributed by atoms with Gasteiger partial charge in [-0.25, -0.2) is 4.99 Å². The maximum atomic E-state index is 7.11. The predicted octanol–water partition coefficient (Wildman–Crippen LogP) is 0.922. The molecule has 0 aliphatic rings. The Morgan fingerprint density at radius 2 is 2.22 bits per heavy atom. The number of nitrogens with one attached hydrogen (secondary N) is 2. The minimum Gasteiger partial charge on any atom is -0.377 e. The van der Waals surface area contributed by atoms with Crippen LogP contribution in [0.5, 0.6) is 0 Å². The van der Waals surface area contributed by atoms with Gasteiger partial charge in [-0.15, -0.1) is 0 Å². The van der Waals surface area contributed by atoms with Crippen molar-refractivity contribution < 1.29 is 0 Å². The zero-order valence-corrected chi connectivity index (χ0v) is 6.67. The van der Waals surface area contributed by atoms with Crippen molar-refractivity contribution in [2.24, 2.45) is 4.99 Å². The van der Waals surface area contributed by atoms with E-state index < -0.39 is 0 Å². The van der Waals surface area contributed by atoms with E-state index in [2.05, 4.69) is 10.3 Å². The fourth-order valence-corrected chi connectivity index (χ4v) is 0.482. The summed E-state index contributed by atoms with van der Waals surface area (Å²) in [5, 5.41) is 10.3. The highest BCUT2D eigenvalue weighted by Gasteiger charge is 1.88. The summed E-state index contributed by atoms with van der Waals surface area (Å²) in [4.78, 5) is 3.87. The lowest BCUT2D eigenvalue weighted by molar-refractivity contribution is 1.16. The maximum absolute atomic E-state index is 7.11. The molecule has 3 nitrogen and oxygen atoms in total. The molecule has 0 amide bonds. The molecule has 4 heteroatoms. The van der Waals surface area contributed by atoms with Crippen LogP contribution in [0.1, 0.15) is 6.92 Å². The molecular formula is C5H11N3S. The highest BCUT2D eigenvalue weighted by atomic mass is 32.2. The number of amidine groups is 2. The lowest BCUT2D eigenvalue weighted by atomic mass is 10.7. The molecule has 0 aliphatic heterocycles. The second-order valence-corrected chi connectivity index (χ2v) is 2.25. The number of hydrogen-bond donors (Lipinski definition) is 2. The van der Waals surface area contributed by atoms with E-state index in [9.17, 15) is 0 Å². The van der Waals surface area contributed by atoms with E-state index >= 15 is 0 Å². The van der Waals surface area contributed by atoms with E-state index in [-0.39, 0.29) is 0 Å². The zero-order valence-electron chi connectivity index (χ0n) is 5.86. The van der Waals surface area contributed by atoms with Crippen LogP contribution < -0.4 is 5.32 Å². The summed E-state index contributed by atoms with van der Waals surface area (Å²) in [6.07, 6.45) is 1.83. The highest BCUT2D eigenvalue weighted by Crippen LogP contribution is 1.95. The average Bonchev–Trinajstić information content (AvgIpc) is 1.87. The van der Waals surface area contributed by atoms with Crippen LogP contribution >= 0.6 is 11.8 Å². The molecule has 52 valence electrons. The molecule has 0 aromatic heterocycles. The molecule has 0 spiro atoms. The van der Waals surface area contributed by atoms with Crippen LogP contribution in [0, 0.1) is 5.41 Å². The molecule has 0 bridgehead atoms. The van der Waals surface area contributed by atoms with Crippen LogP contribution in [0.4, 0.5) is 0 Å². The van der Waals surface area contributed by atoms with Crippen molar-refractivity contribution in [1.82, 2.24) is 5.32 Å². The molecule has 0 saturated heterocycles. The molecule has 0 aliphatic carbocycles. The van der Waals surface area contributed by atoms with E-state index in [1.165, 1.54) is 11.8 Å². The van der Waals surface area contributed by atoms with E-state index in [1.54, 1.807) is 7.05 Å². The summed E-state index contributed by atoms with van der Waals surface area (Å²) in [5.41, 5.74) is 0. The monoisotopic (exact) mass is 145 g/mol. The van der Waals surface area contributed by atoms with E-state index in [0.29, 0.717) is 5.17 Å². The van der Waals surface area contributed by atoms with Crippen molar-refractivity contribution in [1.29, 1.82) is 5.41 Å². The molecule has 0 aromatic rings. The average molecular weight is 145 g/mol. The predicted molar refractivity (Wildman–Crippen MR) is 43.4 cm³/mol. The van der Waals surface area contributed by atoms with Gasteiger partial charge in [0.2, 0.25) is 0 Å². The summed E-state index contributed by atoms with van der Waals surface area (Å²) in [6, 6.07) is 0. The number of hydrogen-bond acceptors (Lipinski definition) is 2. The summed E-state index contributed by atoms with van der Waals surface area (Å²) in [5.74, 6) is 0.773. The summed E-state index contributed by atoms with van der Waals surface area (Å²) in [7, 11) is 1.78. The lowest BCUT2D eigenvalue weighted by Crippen LogP contribution is -2.14. The van der Waals surface area contributed by atoms with Crippen LogP contribution in [-0.4, -0.2) is 24.3 Å². The Hall–Kier alpha value is -0.510. The zero-order chi connectivity index (χ0) is 7.28. The second kappa shape index (κ2) is 4.38. The largest absolute Gasteiger partial charge is 0.377 e. The van der Waals surface area contributed by atoms with Crippen LogP contribution in [-0.2, 0) is 0 Å². The molecule has 0 atom stereocenters. The van der Waals surface area contributed by atoms with Crippen molar-refractivity contribution >= 4 is 22.8 Å². The third-order valence-electron chi connectivity index (χ3n) is 0.824. The fourth-order valence-electron chi connectivity index (χ4n) is 0.254. The van der Waals surface area contributed by atoms with Gasteiger partial charge >= 0.3 is 0 Å². The Kier molecular flexibility index (Phi) is 4.13. The normalized spacial score (nSPS) is 11.2. The SMILES string of the molecule is CN/C(C)=N/C(=N)SC. The van der Waals surface area contributed by atoms with Gasteiger partial charge in [0, 0.05) is 7.05 Å². The van der Waals surface area contributed by atoms with Crippen LogP contribution in [0.15, 0.2) is 4.99 Å². The molecule has 0 fully saturated rings. The molecule has 0 saturated carbocycles. The van der Waals surface area contributed by atoms with E-state index in [4.69, 9.17) is 5.41 Å². The molecule has 9 heavy (non-hydrogen) atoms. The van der Waals surface area contributed by atoms with Gasteiger partial charge in [0.25, 0.3) is 0 Å². The van der Waals surface area contributed by atoms with E-state index in [1.807, 2.05) is 13.2 Å². The third kappa shape index (κ3) is 4.02. The second-order valence-electron chi connectivity index (χ2n) is 1.46. The first-order valence-corrected chi connectivity index (χ1v) is 3.78. The minimum absolute atomic E-state index is 0.335. The maximum Gasteiger partial charge on any atom is 0.181 e. The van der Waals surface area contributed by atoms with Crippen molar-refractivity contribution in [3.63, 3.8) is 0 Å². The van der Waals surface area contributed by atoms with Gasteiger partial charge in [-0.1, -0.05) is 11.8 Å². The van der Waals surface area contributed by atoms with Crippen molar-refractivity contribution in [2.45, 2.75) is 6.92 Å². The van der Waals surface area contributed by atoms with Crippen molar-refractivity contribution in [3.05, 3.63) is 0 Å². The number of aliphatic imine (C=N–C) groups is 1. The number of rotatable bonds is 0. The highest BCUT2D eigenvalue weighted by molar-refractivity contribution is 8.13. The lowest BCUT2D eigenvalue weighted by Gasteiger charge is -1.95. The van der Waals surface area contributed by atoms with Crippen molar-refractivity contribution in [2.75, 3.05) is 13.3 Å².